The van der Waals surface area contributed by atoms with Crippen LogP contribution in [0.2, 0.25) is 0 Å². The maximum atomic E-state index is 11.5. The summed E-state index contributed by atoms with van der Waals surface area (Å²) >= 11 is 0. The van der Waals surface area contributed by atoms with E-state index in [9.17, 15) is 4.39 Å². The monoisotopic (exact) mass is 158 g/mol. The highest BCUT2D eigenvalue weighted by Crippen LogP contribution is 1.87. The van der Waals surface area contributed by atoms with Crippen LogP contribution in [0.25, 0.3) is 0 Å². The molecular weight excluding hydrogens is 143 g/mol. The Bertz CT molecular complexity index is 132. The van der Waals surface area contributed by atoms with E-state index in [4.69, 9.17) is 0 Å². The average molecular weight is 158 g/mol. The molecule has 0 aliphatic carbocycles. The van der Waals surface area contributed by atoms with Gasteiger partial charge in [-0.1, -0.05) is 18.7 Å². The third-order valence-electron chi connectivity index (χ3n) is 1.06. The highest BCUT2D eigenvalue weighted by Gasteiger charge is 1.86. The van der Waals surface area contributed by atoms with E-state index < -0.39 is 0 Å². The molecule has 0 heterocycles. The molecule has 0 spiro atoms. The van der Waals surface area contributed by atoms with Gasteiger partial charge in [0.25, 0.3) is 0 Å². The summed E-state index contributed by atoms with van der Waals surface area (Å²) in [5.41, 5.74) is 6.51. The van der Waals surface area contributed by atoms with Crippen LogP contribution in [0.5, 0.6) is 0 Å². The van der Waals surface area contributed by atoms with Crippen LogP contribution in [-0.2, 0) is 0 Å². The summed E-state index contributed by atoms with van der Waals surface area (Å²) in [5.74, 6) is 0. The number of allylic oxidation sites excluding steroid dienone is 1. The molecule has 2 nitrogen and oxygen atoms in total. The van der Waals surface area contributed by atoms with E-state index in [1.165, 1.54) is 0 Å². The number of halogens is 1. The molecule has 0 atom stereocenters. The van der Waals surface area contributed by atoms with Gasteiger partial charge >= 0.3 is 0 Å². The van der Waals surface area contributed by atoms with Crippen molar-refractivity contribution < 1.29 is 4.39 Å². The van der Waals surface area contributed by atoms with Gasteiger partial charge in [-0.25, -0.2) is 4.39 Å². The molecule has 0 amide bonds. The third kappa shape index (κ3) is 7.22. The van der Waals surface area contributed by atoms with Crippen molar-refractivity contribution in [2.24, 2.45) is 0 Å². The van der Waals surface area contributed by atoms with Gasteiger partial charge in [0, 0.05) is 13.1 Å². The molecule has 0 aliphatic heterocycles. The summed E-state index contributed by atoms with van der Waals surface area (Å²) in [7, 11) is 0. The molecule has 0 saturated carbocycles. The predicted octanol–water partition coefficient (Wildman–Crippen LogP) is 1.18. The Balaban J connectivity index is 3.17. The molecule has 0 unspecified atom stereocenters. The second-order valence-corrected chi connectivity index (χ2v) is 2.13. The zero-order valence-corrected chi connectivity index (χ0v) is 6.86. The van der Waals surface area contributed by atoms with Crippen molar-refractivity contribution in [1.82, 2.24) is 10.9 Å². The average Bonchev–Trinajstić information content (AvgIpc) is 1.99. The lowest BCUT2D eigenvalue weighted by atomic mass is 10.3. The lowest BCUT2D eigenvalue weighted by molar-refractivity contribution is 0.439. The number of alkyl halides is 1. The van der Waals surface area contributed by atoms with E-state index in [1.54, 1.807) is 0 Å². The Hall–Kier alpha value is -0.670. The summed E-state index contributed by atoms with van der Waals surface area (Å²) in [6, 6.07) is 0. The molecular formula is C8H15FN2. The van der Waals surface area contributed by atoms with E-state index in [-0.39, 0.29) is 6.67 Å². The van der Waals surface area contributed by atoms with Crippen LogP contribution in [-0.4, -0.2) is 19.8 Å². The second-order valence-electron chi connectivity index (χ2n) is 2.13. The summed E-state index contributed by atoms with van der Waals surface area (Å²) in [6.45, 7) is 6.31. The minimum atomic E-state index is -0.358. The van der Waals surface area contributed by atoms with Crippen molar-refractivity contribution in [2.45, 2.75) is 6.92 Å². The normalized spacial score (nSPS) is 10.7. The summed E-state index contributed by atoms with van der Waals surface area (Å²) in [4.78, 5) is 0. The molecule has 0 saturated heterocycles. The van der Waals surface area contributed by atoms with E-state index >= 15 is 0 Å². The smallest absolute Gasteiger partial charge is 0.103 e. The van der Waals surface area contributed by atoms with Gasteiger partial charge in [0.2, 0.25) is 0 Å². The largest absolute Gasteiger partial charge is 0.255 e. The Labute approximate surface area is 67.2 Å². The van der Waals surface area contributed by atoms with Crippen molar-refractivity contribution in [3.05, 3.63) is 24.3 Å². The first-order valence-electron chi connectivity index (χ1n) is 3.63. The first-order chi connectivity index (χ1) is 5.31. The van der Waals surface area contributed by atoms with Crippen molar-refractivity contribution in [3.63, 3.8) is 0 Å². The summed E-state index contributed by atoms with van der Waals surface area (Å²) < 4.78 is 11.5. The molecule has 64 valence electrons. The number of rotatable bonds is 6. The lowest BCUT2D eigenvalue weighted by Crippen LogP contribution is -2.34. The van der Waals surface area contributed by atoms with Gasteiger partial charge in [-0.05, 0) is 12.5 Å². The Morgan fingerprint density at radius 3 is 2.82 bits per heavy atom. The molecule has 11 heavy (non-hydrogen) atoms. The van der Waals surface area contributed by atoms with Crippen LogP contribution in [0.1, 0.15) is 6.92 Å². The number of hydrazine groups is 1. The Morgan fingerprint density at radius 1 is 1.55 bits per heavy atom. The van der Waals surface area contributed by atoms with Crippen LogP contribution in [0.3, 0.4) is 0 Å². The van der Waals surface area contributed by atoms with Crippen LogP contribution in [0.15, 0.2) is 24.3 Å². The summed E-state index contributed by atoms with van der Waals surface area (Å²) in [5, 5.41) is 0. The minimum absolute atomic E-state index is 0.336. The number of hydrogen-bond acceptors (Lipinski definition) is 2. The van der Waals surface area contributed by atoms with Gasteiger partial charge < -0.3 is 0 Å². The molecule has 0 fully saturated rings. The van der Waals surface area contributed by atoms with Gasteiger partial charge in [0.15, 0.2) is 0 Å². The number of hydrogen-bond donors (Lipinski definition) is 2. The topological polar surface area (TPSA) is 24.1 Å². The molecule has 0 aliphatic rings. The van der Waals surface area contributed by atoms with Crippen LogP contribution in [0.4, 0.5) is 4.39 Å². The fourth-order valence-corrected chi connectivity index (χ4v) is 0.606. The molecule has 0 aromatic rings. The molecule has 3 heteroatoms. The fourth-order valence-electron chi connectivity index (χ4n) is 0.606. The number of nitrogens with one attached hydrogen (secondary N) is 2. The highest BCUT2D eigenvalue weighted by molar-refractivity contribution is 5.14. The molecule has 0 rings (SSSR count). The molecule has 0 aromatic heterocycles. The van der Waals surface area contributed by atoms with Crippen LogP contribution >= 0.6 is 0 Å². The van der Waals surface area contributed by atoms with E-state index in [1.807, 2.05) is 19.1 Å². The molecule has 0 bridgehead atoms. The second kappa shape index (κ2) is 7.44. The van der Waals surface area contributed by atoms with Gasteiger partial charge in [-0.15, -0.1) is 0 Å². The first-order valence-corrected chi connectivity index (χ1v) is 3.63. The predicted molar refractivity (Wildman–Crippen MR) is 45.9 cm³/mol. The highest BCUT2D eigenvalue weighted by atomic mass is 19.1. The van der Waals surface area contributed by atoms with Gasteiger partial charge in [0.05, 0.1) is 0 Å². The minimum Gasteiger partial charge on any atom is -0.255 e. The fraction of sp³-hybridized carbons (Fsp3) is 0.500. The van der Waals surface area contributed by atoms with E-state index in [2.05, 4.69) is 17.4 Å². The zero-order valence-electron chi connectivity index (χ0n) is 6.86. The van der Waals surface area contributed by atoms with Crippen molar-refractivity contribution in [2.75, 3.05) is 19.8 Å². The first kappa shape index (κ1) is 10.3. The Morgan fingerprint density at radius 2 is 2.27 bits per heavy atom. The molecule has 0 radical (unpaired) electrons. The molecule has 0 aromatic carbocycles. The third-order valence-corrected chi connectivity index (χ3v) is 1.06. The van der Waals surface area contributed by atoms with E-state index in [0.717, 1.165) is 5.57 Å². The molecule has 2 N–H and O–H groups in total. The standard InChI is InChI=1S/C8H15FN2/c1-3-4-8(2)7-11-10-6-5-9/h3-4,10-11H,2,5-7H2,1H3/b4-3-. The van der Waals surface area contributed by atoms with Gasteiger partial charge in [-0.3, -0.25) is 10.9 Å². The van der Waals surface area contributed by atoms with E-state index in [0.29, 0.717) is 13.1 Å². The SMILES string of the molecule is C=C(/C=C\C)CNNCCF. The quantitative estimate of drug-likeness (QED) is 0.344. The maximum Gasteiger partial charge on any atom is 0.103 e. The van der Waals surface area contributed by atoms with Crippen molar-refractivity contribution >= 4 is 0 Å². The van der Waals surface area contributed by atoms with Gasteiger partial charge in [0.1, 0.15) is 6.67 Å². The maximum absolute atomic E-state index is 11.5. The summed E-state index contributed by atoms with van der Waals surface area (Å²) in [6.07, 6.45) is 3.82. The van der Waals surface area contributed by atoms with Gasteiger partial charge in [-0.2, -0.15) is 0 Å². The van der Waals surface area contributed by atoms with Crippen LogP contribution in [0, 0.1) is 0 Å². The van der Waals surface area contributed by atoms with Crippen LogP contribution < -0.4 is 10.9 Å². The lowest BCUT2D eigenvalue weighted by Gasteiger charge is -2.03. The zero-order chi connectivity index (χ0) is 8.53. The van der Waals surface area contributed by atoms with Crippen molar-refractivity contribution in [1.29, 1.82) is 0 Å². The van der Waals surface area contributed by atoms with Crippen molar-refractivity contribution in [3.8, 4) is 0 Å². The Kier molecular flexibility index (Phi) is 6.98.